The zero-order chi connectivity index (χ0) is 19.1. The number of nitrogens with zero attached hydrogens (tertiary/aromatic N) is 1. The van der Waals surface area contributed by atoms with E-state index in [-0.39, 0.29) is 5.91 Å². The topological polar surface area (TPSA) is 63.2 Å². The van der Waals surface area contributed by atoms with Crippen molar-refractivity contribution in [3.05, 3.63) is 53.9 Å². The number of amides is 1. The molecule has 1 heterocycles. The molecule has 3 rings (SSSR count). The van der Waals surface area contributed by atoms with Crippen molar-refractivity contribution in [3.8, 4) is 17.0 Å². The molecule has 0 aliphatic rings. The Bertz CT molecular complexity index is 908. The number of unbranched alkanes of at least 4 members (excludes halogenated alkanes) is 1. The molecule has 0 saturated heterocycles. The first-order valence-corrected chi connectivity index (χ1v) is 9.83. The normalized spacial score (nSPS) is 10.4. The van der Waals surface area contributed by atoms with Gasteiger partial charge in [-0.2, -0.15) is 0 Å². The van der Waals surface area contributed by atoms with E-state index in [0.29, 0.717) is 6.42 Å². The van der Waals surface area contributed by atoms with E-state index in [0.717, 1.165) is 46.4 Å². The summed E-state index contributed by atoms with van der Waals surface area (Å²) >= 11 is 1.53. The maximum Gasteiger partial charge on any atom is 0.224 e. The van der Waals surface area contributed by atoms with Crippen LogP contribution >= 0.6 is 11.3 Å². The lowest BCUT2D eigenvalue weighted by molar-refractivity contribution is -0.116. The van der Waals surface area contributed by atoms with Gasteiger partial charge < -0.3 is 15.4 Å². The molecular weight excluding hydrogens is 358 g/mol. The van der Waals surface area contributed by atoms with Gasteiger partial charge in [0.1, 0.15) is 5.75 Å². The van der Waals surface area contributed by atoms with Gasteiger partial charge in [-0.1, -0.05) is 31.5 Å². The fourth-order valence-electron chi connectivity index (χ4n) is 2.61. The molecule has 0 atom stereocenters. The minimum atomic E-state index is 0.0488. The number of carbonyl (C=O) groups is 1. The largest absolute Gasteiger partial charge is 0.497 e. The molecule has 0 radical (unpaired) electrons. The maximum absolute atomic E-state index is 11.9. The Labute approximate surface area is 163 Å². The third-order valence-corrected chi connectivity index (χ3v) is 4.78. The van der Waals surface area contributed by atoms with E-state index in [1.54, 1.807) is 7.11 Å². The highest BCUT2D eigenvalue weighted by atomic mass is 32.1. The van der Waals surface area contributed by atoms with Gasteiger partial charge in [-0.25, -0.2) is 4.98 Å². The molecule has 1 amide bonds. The number of nitrogens with one attached hydrogen (secondary N) is 2. The number of hydrogen-bond acceptors (Lipinski definition) is 5. The van der Waals surface area contributed by atoms with Gasteiger partial charge in [0.2, 0.25) is 5.91 Å². The van der Waals surface area contributed by atoms with E-state index >= 15 is 0 Å². The second kappa shape index (κ2) is 9.19. The van der Waals surface area contributed by atoms with Crippen LogP contribution in [0.5, 0.6) is 5.75 Å². The monoisotopic (exact) mass is 381 g/mol. The first kappa shape index (κ1) is 18.9. The Hall–Kier alpha value is -2.86. The number of hydrogen-bond donors (Lipinski definition) is 2. The molecule has 27 heavy (non-hydrogen) atoms. The molecule has 1 aromatic heterocycles. The molecule has 0 bridgehead atoms. The Morgan fingerprint density at radius 3 is 2.78 bits per heavy atom. The predicted molar refractivity (Wildman–Crippen MR) is 112 cm³/mol. The molecule has 0 fully saturated rings. The summed E-state index contributed by atoms with van der Waals surface area (Å²) in [6, 6.07) is 15.5. The summed E-state index contributed by atoms with van der Waals surface area (Å²) in [6.45, 7) is 2.08. The second-order valence-electron chi connectivity index (χ2n) is 6.13. The van der Waals surface area contributed by atoms with Crippen LogP contribution < -0.4 is 15.4 Å². The third kappa shape index (κ3) is 5.31. The van der Waals surface area contributed by atoms with Gasteiger partial charge in [0.05, 0.1) is 12.8 Å². The Morgan fingerprint density at radius 2 is 1.96 bits per heavy atom. The lowest BCUT2D eigenvalue weighted by atomic mass is 10.1. The van der Waals surface area contributed by atoms with E-state index in [4.69, 9.17) is 4.74 Å². The van der Waals surface area contributed by atoms with Crippen LogP contribution in [0, 0.1) is 0 Å². The van der Waals surface area contributed by atoms with E-state index in [9.17, 15) is 4.79 Å². The van der Waals surface area contributed by atoms with E-state index in [1.807, 2.05) is 53.9 Å². The molecule has 140 valence electrons. The van der Waals surface area contributed by atoms with Gasteiger partial charge in [0, 0.05) is 34.8 Å². The fourth-order valence-corrected chi connectivity index (χ4v) is 3.35. The standard InChI is InChI=1S/C21H23N3O2S/c1-3-4-11-20(25)22-16-8-5-7-15(12-16)19-14-27-21(24-19)23-17-9-6-10-18(13-17)26-2/h5-10,12-14H,3-4,11H2,1-2H3,(H,22,25)(H,23,24). The number of ether oxygens (including phenoxy) is 1. The number of benzene rings is 2. The molecule has 0 unspecified atom stereocenters. The summed E-state index contributed by atoms with van der Waals surface area (Å²) in [6.07, 6.45) is 2.46. The fraction of sp³-hybridized carbons (Fsp3) is 0.238. The maximum atomic E-state index is 11.9. The number of methoxy groups -OCH3 is 1. The van der Waals surface area contributed by atoms with Crippen molar-refractivity contribution in [1.82, 2.24) is 4.98 Å². The lowest BCUT2D eigenvalue weighted by Crippen LogP contribution is -2.10. The molecule has 0 aliphatic carbocycles. The van der Waals surface area contributed by atoms with Crippen LogP contribution in [0.2, 0.25) is 0 Å². The summed E-state index contributed by atoms with van der Waals surface area (Å²) in [5, 5.41) is 9.05. The van der Waals surface area contributed by atoms with Crippen molar-refractivity contribution in [2.45, 2.75) is 26.2 Å². The van der Waals surface area contributed by atoms with Gasteiger partial charge in [0.25, 0.3) is 0 Å². The van der Waals surface area contributed by atoms with Gasteiger partial charge in [-0.3, -0.25) is 4.79 Å². The van der Waals surface area contributed by atoms with Crippen LogP contribution in [-0.4, -0.2) is 18.0 Å². The van der Waals surface area contributed by atoms with Gasteiger partial charge in [-0.15, -0.1) is 11.3 Å². The van der Waals surface area contributed by atoms with Crippen molar-refractivity contribution < 1.29 is 9.53 Å². The van der Waals surface area contributed by atoms with Crippen molar-refractivity contribution in [1.29, 1.82) is 0 Å². The summed E-state index contributed by atoms with van der Waals surface area (Å²) in [4.78, 5) is 16.6. The summed E-state index contributed by atoms with van der Waals surface area (Å²) in [5.74, 6) is 0.843. The number of thiazole rings is 1. The first-order chi connectivity index (χ1) is 13.2. The molecule has 2 aromatic carbocycles. The molecule has 0 aliphatic heterocycles. The zero-order valence-corrected chi connectivity index (χ0v) is 16.3. The highest BCUT2D eigenvalue weighted by Gasteiger charge is 2.08. The van der Waals surface area contributed by atoms with Crippen LogP contribution in [0.3, 0.4) is 0 Å². The summed E-state index contributed by atoms with van der Waals surface area (Å²) in [7, 11) is 1.65. The van der Waals surface area contributed by atoms with E-state index < -0.39 is 0 Å². The average molecular weight is 382 g/mol. The number of carbonyl (C=O) groups excluding carboxylic acids is 1. The molecule has 3 aromatic rings. The van der Waals surface area contributed by atoms with Crippen molar-refractivity contribution >= 4 is 33.8 Å². The zero-order valence-electron chi connectivity index (χ0n) is 15.5. The minimum Gasteiger partial charge on any atom is -0.497 e. The highest BCUT2D eigenvalue weighted by molar-refractivity contribution is 7.14. The smallest absolute Gasteiger partial charge is 0.224 e. The number of anilines is 3. The van der Waals surface area contributed by atoms with Crippen LogP contribution in [0.25, 0.3) is 11.3 Å². The van der Waals surface area contributed by atoms with Crippen molar-refractivity contribution in [2.75, 3.05) is 17.7 Å². The molecule has 6 heteroatoms. The van der Waals surface area contributed by atoms with Crippen LogP contribution in [-0.2, 0) is 4.79 Å². The third-order valence-electron chi connectivity index (χ3n) is 4.02. The van der Waals surface area contributed by atoms with E-state index in [2.05, 4.69) is 22.5 Å². The SMILES string of the molecule is CCCCC(=O)Nc1cccc(-c2csc(Nc3cccc(OC)c3)n2)c1. The highest BCUT2D eigenvalue weighted by Crippen LogP contribution is 2.29. The Kier molecular flexibility index (Phi) is 6.44. The van der Waals surface area contributed by atoms with E-state index in [1.165, 1.54) is 11.3 Å². The first-order valence-electron chi connectivity index (χ1n) is 8.95. The summed E-state index contributed by atoms with van der Waals surface area (Å²) in [5.41, 5.74) is 3.56. The van der Waals surface area contributed by atoms with Crippen molar-refractivity contribution in [2.24, 2.45) is 0 Å². The molecule has 0 saturated carbocycles. The number of aromatic nitrogens is 1. The molecule has 5 nitrogen and oxygen atoms in total. The van der Waals surface area contributed by atoms with Gasteiger partial charge >= 0.3 is 0 Å². The molecule has 2 N–H and O–H groups in total. The Balaban J connectivity index is 1.70. The summed E-state index contributed by atoms with van der Waals surface area (Å²) < 4.78 is 5.24. The average Bonchev–Trinajstić information content (AvgIpc) is 3.15. The minimum absolute atomic E-state index is 0.0488. The Morgan fingerprint density at radius 1 is 1.15 bits per heavy atom. The molecular formula is C21H23N3O2S. The predicted octanol–water partition coefficient (Wildman–Crippen LogP) is 5.69. The van der Waals surface area contributed by atoms with Gasteiger partial charge in [-0.05, 0) is 30.7 Å². The van der Waals surface area contributed by atoms with Crippen molar-refractivity contribution in [3.63, 3.8) is 0 Å². The second-order valence-corrected chi connectivity index (χ2v) is 6.99. The van der Waals surface area contributed by atoms with Crippen LogP contribution in [0.1, 0.15) is 26.2 Å². The van der Waals surface area contributed by atoms with Crippen LogP contribution in [0.4, 0.5) is 16.5 Å². The van der Waals surface area contributed by atoms with Crippen LogP contribution in [0.15, 0.2) is 53.9 Å². The molecule has 0 spiro atoms. The number of rotatable bonds is 8. The lowest BCUT2D eigenvalue weighted by Gasteiger charge is -2.06. The van der Waals surface area contributed by atoms with Gasteiger partial charge in [0.15, 0.2) is 5.13 Å². The quantitative estimate of drug-likeness (QED) is 0.526.